The van der Waals surface area contributed by atoms with Crippen molar-refractivity contribution in [3.63, 3.8) is 0 Å². The van der Waals surface area contributed by atoms with Crippen LogP contribution in [0.3, 0.4) is 0 Å². The highest BCUT2D eigenvalue weighted by atomic mass is 79.9. The van der Waals surface area contributed by atoms with Gasteiger partial charge in [0.15, 0.2) is 0 Å². The minimum Gasteiger partial charge on any atom is -0.208 e. The van der Waals surface area contributed by atoms with Gasteiger partial charge in [0.1, 0.15) is 4.29 Å². The van der Waals surface area contributed by atoms with Crippen LogP contribution in [0, 0.1) is 0 Å². The number of rotatable bonds is 1. The molecule has 0 fully saturated rings. The second-order valence-electron chi connectivity index (χ2n) is 0.669. The molecule has 0 aliphatic rings. The zero-order valence-corrected chi connectivity index (χ0v) is 5.01. The molecule has 0 N–H and O–H groups in total. The molecule has 0 bridgehead atoms. The Hall–Kier alpha value is 0.630. The Morgan fingerprint density at radius 2 is 1.67 bits per heavy atom. The Kier molecular flexibility index (Phi) is 3.03. The van der Waals surface area contributed by atoms with E-state index in [4.69, 9.17) is 11.6 Å². The van der Waals surface area contributed by atoms with E-state index in [1.165, 1.54) is 0 Å². The van der Waals surface area contributed by atoms with Gasteiger partial charge in [-0.1, -0.05) is 15.9 Å². The van der Waals surface area contributed by atoms with Crippen molar-refractivity contribution in [3.8, 4) is 0 Å². The lowest BCUT2D eigenvalue weighted by atomic mass is 10.9. The predicted octanol–water partition coefficient (Wildman–Crippen LogP) is 2.21. The van der Waals surface area contributed by atoms with Crippen molar-refractivity contribution in [3.05, 3.63) is 0 Å². The fraction of sp³-hybridized carbons (Fsp3) is 1.00. The summed E-state index contributed by atoms with van der Waals surface area (Å²) < 4.78 is 20.8. The molecule has 0 aromatic rings. The first-order valence-corrected chi connectivity index (χ1v) is 2.56. The molecule has 0 aliphatic heterocycles. The van der Waals surface area contributed by atoms with Gasteiger partial charge in [0.25, 0.3) is 6.43 Å². The fourth-order valence-corrected chi connectivity index (χ4v) is 0. The molecule has 0 nitrogen and oxygen atoms in total. The summed E-state index contributed by atoms with van der Waals surface area (Å²) >= 11 is 7.23. The molecule has 1 unspecified atom stereocenters. The smallest absolute Gasteiger partial charge is 0.208 e. The van der Waals surface area contributed by atoms with Crippen LogP contribution in [-0.2, 0) is 0 Å². The standard InChI is InChI=1S/C2H2BrClF2/c3-1(4)2(5)6/h1-2H. The minimum absolute atomic E-state index is 1.20. The summed E-state index contributed by atoms with van der Waals surface area (Å²) in [5.74, 6) is 0. The van der Waals surface area contributed by atoms with Crippen molar-refractivity contribution < 1.29 is 8.78 Å². The van der Waals surface area contributed by atoms with Gasteiger partial charge in [0.2, 0.25) is 0 Å². The molecule has 0 aliphatic carbocycles. The van der Waals surface area contributed by atoms with Gasteiger partial charge < -0.3 is 0 Å². The van der Waals surface area contributed by atoms with Crippen LogP contribution in [0.25, 0.3) is 0 Å². The Morgan fingerprint density at radius 1 is 1.50 bits per heavy atom. The van der Waals surface area contributed by atoms with Gasteiger partial charge in [0, 0.05) is 0 Å². The van der Waals surface area contributed by atoms with Crippen molar-refractivity contribution in [2.75, 3.05) is 0 Å². The van der Waals surface area contributed by atoms with Crippen molar-refractivity contribution >= 4 is 27.5 Å². The van der Waals surface area contributed by atoms with E-state index in [0.29, 0.717) is 0 Å². The van der Waals surface area contributed by atoms with Crippen molar-refractivity contribution in [1.29, 1.82) is 0 Å². The third-order valence-corrected chi connectivity index (χ3v) is 0.781. The van der Waals surface area contributed by atoms with Crippen LogP contribution < -0.4 is 0 Å². The summed E-state index contributed by atoms with van der Waals surface area (Å²) in [5, 5.41) is 0. The Balaban J connectivity index is 2.99. The Bertz CT molecular complexity index is 32.5. The van der Waals surface area contributed by atoms with E-state index in [2.05, 4.69) is 15.9 Å². The first-order chi connectivity index (χ1) is 2.64. The maximum Gasteiger partial charge on any atom is 0.264 e. The molecule has 0 aromatic heterocycles. The second kappa shape index (κ2) is 2.75. The van der Waals surface area contributed by atoms with Gasteiger partial charge in [-0.25, -0.2) is 8.78 Å². The van der Waals surface area contributed by atoms with E-state index >= 15 is 0 Å². The maximum atomic E-state index is 11.0. The van der Waals surface area contributed by atoms with E-state index in [0.717, 1.165) is 0 Å². The predicted molar refractivity (Wildman–Crippen MR) is 24.6 cm³/mol. The quantitative estimate of drug-likeness (QED) is 0.542. The van der Waals surface area contributed by atoms with Crippen molar-refractivity contribution in [2.24, 2.45) is 0 Å². The van der Waals surface area contributed by atoms with Crippen LogP contribution in [0.2, 0.25) is 0 Å². The number of hydrogen-bond acceptors (Lipinski definition) is 0. The summed E-state index contributed by atoms with van der Waals surface area (Å²) in [4.78, 5) is 0. The van der Waals surface area contributed by atoms with E-state index in [-0.39, 0.29) is 0 Å². The molecule has 0 heterocycles. The van der Waals surface area contributed by atoms with Gasteiger partial charge in [0.05, 0.1) is 0 Å². The second-order valence-corrected chi connectivity index (χ2v) is 2.65. The summed E-state index contributed by atoms with van der Waals surface area (Å²) in [6.45, 7) is 0. The van der Waals surface area contributed by atoms with Gasteiger partial charge in [-0.2, -0.15) is 0 Å². The van der Waals surface area contributed by atoms with E-state index in [9.17, 15) is 8.78 Å². The largest absolute Gasteiger partial charge is 0.264 e. The van der Waals surface area contributed by atoms with E-state index < -0.39 is 10.7 Å². The lowest BCUT2D eigenvalue weighted by molar-refractivity contribution is 0.168. The first kappa shape index (κ1) is 6.63. The molecule has 0 spiro atoms. The zero-order valence-electron chi connectivity index (χ0n) is 2.67. The molecular weight excluding hydrogens is 177 g/mol. The molecule has 0 radical (unpaired) electrons. The monoisotopic (exact) mass is 178 g/mol. The first-order valence-electron chi connectivity index (χ1n) is 1.21. The SMILES string of the molecule is FC(F)C(Cl)Br. The highest BCUT2D eigenvalue weighted by Gasteiger charge is 2.10. The van der Waals surface area contributed by atoms with Crippen molar-refractivity contribution in [1.82, 2.24) is 0 Å². The minimum atomic E-state index is -2.47. The normalized spacial score (nSPS) is 15.5. The molecule has 0 aromatic carbocycles. The molecule has 38 valence electrons. The van der Waals surface area contributed by atoms with E-state index in [1.807, 2.05) is 0 Å². The van der Waals surface area contributed by atoms with Gasteiger partial charge in [-0.3, -0.25) is 0 Å². The maximum absolute atomic E-state index is 11.0. The fourth-order valence-electron chi connectivity index (χ4n) is 0. The summed E-state index contributed by atoms with van der Waals surface area (Å²) in [6.07, 6.45) is -2.47. The highest BCUT2D eigenvalue weighted by molar-refractivity contribution is 9.10. The topological polar surface area (TPSA) is 0 Å². The molecule has 6 heavy (non-hydrogen) atoms. The summed E-state index contributed by atoms with van der Waals surface area (Å²) in [7, 11) is 0. The molecule has 0 amide bonds. The summed E-state index contributed by atoms with van der Waals surface area (Å²) in [6, 6.07) is 0. The molecule has 4 heteroatoms. The van der Waals surface area contributed by atoms with Gasteiger partial charge in [-0.15, -0.1) is 11.6 Å². The number of alkyl halides is 4. The Morgan fingerprint density at radius 3 is 1.67 bits per heavy atom. The van der Waals surface area contributed by atoms with E-state index in [1.54, 1.807) is 0 Å². The molecule has 0 rings (SSSR count). The highest BCUT2D eigenvalue weighted by Crippen LogP contribution is 2.13. The van der Waals surface area contributed by atoms with Crippen LogP contribution in [0.15, 0.2) is 0 Å². The van der Waals surface area contributed by atoms with Crippen LogP contribution >= 0.6 is 27.5 Å². The van der Waals surface area contributed by atoms with Crippen LogP contribution in [0.1, 0.15) is 0 Å². The van der Waals surface area contributed by atoms with Crippen LogP contribution in [0.5, 0.6) is 0 Å². The summed E-state index contributed by atoms with van der Waals surface area (Å²) in [5.41, 5.74) is 0. The van der Waals surface area contributed by atoms with Crippen LogP contribution in [-0.4, -0.2) is 10.7 Å². The van der Waals surface area contributed by atoms with Gasteiger partial charge in [-0.05, 0) is 0 Å². The third kappa shape index (κ3) is 2.85. The lowest BCUT2D eigenvalue weighted by Gasteiger charge is -1.92. The number of halogens is 4. The lowest BCUT2D eigenvalue weighted by Crippen LogP contribution is -1.98. The average Bonchev–Trinajstić information content (AvgIpc) is 1.36. The molecule has 1 atom stereocenters. The zero-order chi connectivity index (χ0) is 5.15. The Labute approximate surface area is 47.6 Å². The van der Waals surface area contributed by atoms with Gasteiger partial charge >= 0.3 is 0 Å². The van der Waals surface area contributed by atoms with Crippen LogP contribution in [0.4, 0.5) is 8.78 Å². The average molecular weight is 179 g/mol. The molecule has 0 saturated carbocycles. The molecule has 0 saturated heterocycles. The number of hydrogen-bond donors (Lipinski definition) is 0. The molecular formula is C2H2BrClF2. The van der Waals surface area contributed by atoms with Crippen molar-refractivity contribution in [2.45, 2.75) is 10.7 Å². The third-order valence-electron chi connectivity index (χ3n) is 0.190.